The zero-order chi connectivity index (χ0) is 14.9. The van der Waals surface area contributed by atoms with Gasteiger partial charge in [-0.25, -0.2) is 0 Å². The van der Waals surface area contributed by atoms with Gasteiger partial charge in [0.2, 0.25) is 11.8 Å². The molecule has 5 nitrogen and oxygen atoms in total. The summed E-state index contributed by atoms with van der Waals surface area (Å²) in [4.78, 5) is 30.5. The van der Waals surface area contributed by atoms with Crippen LogP contribution < -0.4 is 10.2 Å². The third-order valence-corrected chi connectivity index (χ3v) is 3.52. The van der Waals surface area contributed by atoms with Crippen LogP contribution in [0.2, 0.25) is 0 Å². The molecular formula is C15H21N3O2. The number of nitrogens with one attached hydrogen (secondary N) is 1. The number of rotatable bonds is 1. The Morgan fingerprint density at radius 1 is 1.35 bits per heavy atom. The highest BCUT2D eigenvalue weighted by Crippen LogP contribution is 2.27. The molecule has 108 valence electrons. The van der Waals surface area contributed by atoms with E-state index in [1.54, 1.807) is 11.1 Å². The summed E-state index contributed by atoms with van der Waals surface area (Å²) in [6.45, 7) is 8.12. The summed E-state index contributed by atoms with van der Waals surface area (Å²) in [7, 11) is 0. The first kappa shape index (κ1) is 14.5. The SMILES string of the molecule is Cc1ncccc1N1CCC(=O)NC(C(C)(C)C)C1=O. The standard InChI is InChI=1S/C15H21N3O2/c1-10-11(6-5-8-16-10)18-9-7-12(19)17-13(14(18)20)15(2,3)4/h5-6,8,13H,7,9H2,1-4H3,(H,17,19). The molecule has 0 aliphatic carbocycles. The molecule has 2 rings (SSSR count). The van der Waals surface area contributed by atoms with Crippen LogP contribution in [0.4, 0.5) is 5.69 Å². The van der Waals surface area contributed by atoms with Crippen molar-refractivity contribution in [3.8, 4) is 0 Å². The summed E-state index contributed by atoms with van der Waals surface area (Å²) in [5.41, 5.74) is 1.25. The lowest BCUT2D eigenvalue weighted by atomic mass is 9.86. The average Bonchev–Trinajstić information content (AvgIpc) is 2.50. The van der Waals surface area contributed by atoms with Gasteiger partial charge in [-0.1, -0.05) is 20.8 Å². The summed E-state index contributed by atoms with van der Waals surface area (Å²) in [5, 5.41) is 2.84. The second-order valence-corrected chi connectivity index (χ2v) is 6.21. The van der Waals surface area contributed by atoms with Gasteiger partial charge in [0.15, 0.2) is 0 Å². The maximum atomic E-state index is 12.8. The van der Waals surface area contributed by atoms with E-state index >= 15 is 0 Å². The molecule has 0 saturated carbocycles. The smallest absolute Gasteiger partial charge is 0.250 e. The number of pyridine rings is 1. The lowest BCUT2D eigenvalue weighted by Crippen LogP contribution is -2.52. The minimum atomic E-state index is -0.517. The van der Waals surface area contributed by atoms with Gasteiger partial charge in [0.1, 0.15) is 6.04 Å². The number of carbonyl (C=O) groups excluding carboxylic acids is 2. The minimum Gasteiger partial charge on any atom is -0.344 e. The molecule has 1 aromatic heterocycles. The van der Waals surface area contributed by atoms with Crippen LogP contribution in [-0.4, -0.2) is 29.4 Å². The Kier molecular flexibility index (Phi) is 3.79. The zero-order valence-electron chi connectivity index (χ0n) is 12.4. The van der Waals surface area contributed by atoms with E-state index in [2.05, 4.69) is 10.3 Å². The van der Waals surface area contributed by atoms with Gasteiger partial charge in [-0.3, -0.25) is 14.6 Å². The molecule has 1 N–H and O–H groups in total. The van der Waals surface area contributed by atoms with Gasteiger partial charge in [-0.15, -0.1) is 0 Å². The minimum absolute atomic E-state index is 0.0700. The van der Waals surface area contributed by atoms with Gasteiger partial charge < -0.3 is 10.2 Å². The van der Waals surface area contributed by atoms with E-state index in [4.69, 9.17) is 0 Å². The molecular weight excluding hydrogens is 254 g/mol. The molecule has 0 radical (unpaired) electrons. The molecule has 1 atom stereocenters. The molecule has 0 spiro atoms. The highest BCUT2D eigenvalue weighted by atomic mass is 16.2. The normalized spacial score (nSPS) is 20.6. The van der Waals surface area contributed by atoms with Crippen LogP contribution in [-0.2, 0) is 9.59 Å². The molecule has 2 amide bonds. The van der Waals surface area contributed by atoms with Crippen LogP contribution in [0.1, 0.15) is 32.9 Å². The fourth-order valence-electron chi connectivity index (χ4n) is 2.36. The van der Waals surface area contributed by atoms with E-state index in [-0.39, 0.29) is 17.2 Å². The quantitative estimate of drug-likeness (QED) is 0.848. The Hall–Kier alpha value is -1.91. The van der Waals surface area contributed by atoms with Crippen molar-refractivity contribution in [2.75, 3.05) is 11.4 Å². The van der Waals surface area contributed by atoms with Crippen LogP contribution in [0.25, 0.3) is 0 Å². The van der Waals surface area contributed by atoms with E-state index in [1.807, 2.05) is 39.8 Å². The van der Waals surface area contributed by atoms with Crippen LogP contribution in [0.5, 0.6) is 0 Å². The van der Waals surface area contributed by atoms with E-state index in [0.717, 1.165) is 11.4 Å². The highest BCUT2D eigenvalue weighted by Gasteiger charge is 2.38. The van der Waals surface area contributed by atoms with Crippen LogP contribution in [0, 0.1) is 12.3 Å². The van der Waals surface area contributed by atoms with Gasteiger partial charge in [-0.05, 0) is 24.5 Å². The summed E-state index contributed by atoms with van der Waals surface area (Å²) in [5.74, 6) is -0.151. The summed E-state index contributed by atoms with van der Waals surface area (Å²) in [6.07, 6.45) is 2.01. The molecule has 1 saturated heterocycles. The Morgan fingerprint density at radius 2 is 2.05 bits per heavy atom. The number of aromatic nitrogens is 1. The Morgan fingerprint density at radius 3 is 2.65 bits per heavy atom. The van der Waals surface area contributed by atoms with Crippen LogP contribution in [0.15, 0.2) is 18.3 Å². The Bertz CT molecular complexity index is 534. The van der Waals surface area contributed by atoms with Crippen LogP contribution >= 0.6 is 0 Å². The maximum Gasteiger partial charge on any atom is 0.250 e. The number of hydrogen-bond donors (Lipinski definition) is 1. The second-order valence-electron chi connectivity index (χ2n) is 6.21. The number of anilines is 1. The van der Waals surface area contributed by atoms with E-state index in [0.29, 0.717) is 13.0 Å². The molecule has 0 bridgehead atoms. The number of aryl methyl sites for hydroxylation is 1. The number of hydrogen-bond acceptors (Lipinski definition) is 3. The van der Waals surface area contributed by atoms with E-state index < -0.39 is 6.04 Å². The molecule has 1 aliphatic rings. The molecule has 1 unspecified atom stereocenters. The molecule has 0 aromatic carbocycles. The first-order valence-corrected chi connectivity index (χ1v) is 6.83. The third kappa shape index (κ3) is 2.81. The molecule has 1 aliphatic heterocycles. The van der Waals surface area contributed by atoms with Crippen molar-refractivity contribution < 1.29 is 9.59 Å². The molecule has 2 heterocycles. The van der Waals surface area contributed by atoms with Gasteiger partial charge >= 0.3 is 0 Å². The van der Waals surface area contributed by atoms with Gasteiger partial charge in [0.25, 0.3) is 0 Å². The Balaban J connectivity index is 2.41. The fraction of sp³-hybridized carbons (Fsp3) is 0.533. The van der Waals surface area contributed by atoms with Crippen molar-refractivity contribution in [2.45, 2.75) is 40.2 Å². The second kappa shape index (κ2) is 5.23. The predicted molar refractivity (Wildman–Crippen MR) is 77.3 cm³/mol. The summed E-state index contributed by atoms with van der Waals surface area (Å²) >= 11 is 0. The van der Waals surface area contributed by atoms with Gasteiger partial charge in [0, 0.05) is 19.2 Å². The van der Waals surface area contributed by atoms with Crippen molar-refractivity contribution in [3.05, 3.63) is 24.0 Å². The summed E-state index contributed by atoms with van der Waals surface area (Å²) < 4.78 is 0. The fourth-order valence-corrected chi connectivity index (χ4v) is 2.36. The Labute approximate surface area is 119 Å². The van der Waals surface area contributed by atoms with Crippen LogP contribution in [0.3, 0.4) is 0 Å². The summed E-state index contributed by atoms with van der Waals surface area (Å²) in [6, 6.07) is 3.16. The van der Waals surface area contributed by atoms with Gasteiger partial charge in [0.05, 0.1) is 11.4 Å². The lowest BCUT2D eigenvalue weighted by Gasteiger charge is -2.32. The molecule has 1 aromatic rings. The largest absolute Gasteiger partial charge is 0.344 e. The van der Waals surface area contributed by atoms with Crippen molar-refractivity contribution >= 4 is 17.5 Å². The van der Waals surface area contributed by atoms with Crippen molar-refractivity contribution in [1.29, 1.82) is 0 Å². The van der Waals surface area contributed by atoms with Crippen molar-refractivity contribution in [2.24, 2.45) is 5.41 Å². The number of amides is 2. The lowest BCUT2D eigenvalue weighted by molar-refractivity contribution is -0.127. The number of carbonyl (C=O) groups is 2. The van der Waals surface area contributed by atoms with Crippen molar-refractivity contribution in [1.82, 2.24) is 10.3 Å². The predicted octanol–water partition coefficient (Wildman–Crippen LogP) is 1.66. The third-order valence-electron chi connectivity index (χ3n) is 3.52. The zero-order valence-corrected chi connectivity index (χ0v) is 12.4. The average molecular weight is 275 g/mol. The first-order valence-electron chi connectivity index (χ1n) is 6.83. The first-order chi connectivity index (χ1) is 9.30. The number of nitrogens with zero attached hydrogens (tertiary/aromatic N) is 2. The molecule has 20 heavy (non-hydrogen) atoms. The van der Waals surface area contributed by atoms with E-state index in [9.17, 15) is 9.59 Å². The van der Waals surface area contributed by atoms with E-state index in [1.165, 1.54) is 0 Å². The highest BCUT2D eigenvalue weighted by molar-refractivity contribution is 6.02. The van der Waals surface area contributed by atoms with Gasteiger partial charge in [-0.2, -0.15) is 0 Å². The molecule has 1 fully saturated rings. The van der Waals surface area contributed by atoms with Crippen molar-refractivity contribution in [3.63, 3.8) is 0 Å². The molecule has 5 heteroatoms. The maximum absolute atomic E-state index is 12.8. The topological polar surface area (TPSA) is 62.3 Å². The monoisotopic (exact) mass is 275 g/mol.